The molecule has 0 radical (unpaired) electrons. The maximum absolute atomic E-state index is 12.4. The molecule has 0 bridgehead atoms. The Labute approximate surface area is 147 Å². The summed E-state index contributed by atoms with van der Waals surface area (Å²) in [5.74, 6) is 1.19. The van der Waals surface area contributed by atoms with E-state index in [1.54, 1.807) is 7.11 Å². The summed E-state index contributed by atoms with van der Waals surface area (Å²) in [6.07, 6.45) is 5.20. The minimum absolute atomic E-state index is 0.181. The summed E-state index contributed by atoms with van der Waals surface area (Å²) in [5.41, 5.74) is 2.11. The highest BCUT2D eigenvalue weighted by molar-refractivity contribution is 5.82. The fraction of sp³-hybridized carbons (Fsp3) is 0.474. The van der Waals surface area contributed by atoms with E-state index in [0.29, 0.717) is 6.54 Å². The van der Waals surface area contributed by atoms with E-state index in [2.05, 4.69) is 15.7 Å². The van der Waals surface area contributed by atoms with Gasteiger partial charge < -0.3 is 15.4 Å². The van der Waals surface area contributed by atoms with E-state index < -0.39 is 0 Å². The molecule has 2 aromatic rings. The van der Waals surface area contributed by atoms with Gasteiger partial charge in [-0.3, -0.25) is 4.79 Å². The van der Waals surface area contributed by atoms with Crippen LogP contribution in [0.15, 0.2) is 36.5 Å². The van der Waals surface area contributed by atoms with Crippen molar-refractivity contribution in [1.29, 1.82) is 0 Å². The molecule has 2 fully saturated rings. The van der Waals surface area contributed by atoms with Gasteiger partial charge in [-0.15, -0.1) is 0 Å². The van der Waals surface area contributed by atoms with Crippen molar-refractivity contribution in [3.05, 3.63) is 42.2 Å². The lowest BCUT2D eigenvalue weighted by molar-refractivity contribution is -0.123. The number of amides is 1. The molecule has 2 N–H and O–H groups in total. The molecule has 6 nitrogen and oxygen atoms in total. The SMILES string of the molecule is COc1ccc(-n2ccc(CNC(=O)C3CC34CCNCC4)n2)cc1. The van der Waals surface area contributed by atoms with Crippen molar-refractivity contribution in [2.24, 2.45) is 11.3 Å². The quantitative estimate of drug-likeness (QED) is 0.872. The van der Waals surface area contributed by atoms with Crippen LogP contribution in [0.2, 0.25) is 0 Å². The lowest BCUT2D eigenvalue weighted by Crippen LogP contribution is -2.33. The molecule has 1 saturated heterocycles. The average molecular weight is 340 g/mol. The third-order valence-electron chi connectivity index (χ3n) is 5.53. The first-order valence-corrected chi connectivity index (χ1v) is 8.88. The van der Waals surface area contributed by atoms with E-state index in [1.807, 2.05) is 41.2 Å². The highest BCUT2D eigenvalue weighted by Crippen LogP contribution is 2.58. The zero-order valence-electron chi connectivity index (χ0n) is 14.5. The van der Waals surface area contributed by atoms with E-state index in [9.17, 15) is 4.79 Å². The summed E-state index contributed by atoms with van der Waals surface area (Å²) in [7, 11) is 1.65. The first-order valence-electron chi connectivity index (χ1n) is 8.88. The van der Waals surface area contributed by atoms with Crippen molar-refractivity contribution < 1.29 is 9.53 Å². The van der Waals surface area contributed by atoms with Crippen molar-refractivity contribution in [2.45, 2.75) is 25.8 Å². The predicted molar refractivity (Wildman–Crippen MR) is 94.6 cm³/mol. The molecule has 1 spiro atoms. The Kier molecular flexibility index (Phi) is 4.21. The zero-order valence-corrected chi connectivity index (χ0v) is 14.5. The van der Waals surface area contributed by atoms with Crippen LogP contribution < -0.4 is 15.4 Å². The minimum atomic E-state index is 0.181. The number of methoxy groups -OCH3 is 1. The van der Waals surface area contributed by atoms with Crippen LogP contribution in [0.4, 0.5) is 0 Å². The fourth-order valence-corrected chi connectivity index (χ4v) is 3.83. The van der Waals surface area contributed by atoms with E-state index in [0.717, 1.165) is 49.5 Å². The van der Waals surface area contributed by atoms with Crippen molar-refractivity contribution in [1.82, 2.24) is 20.4 Å². The zero-order chi connectivity index (χ0) is 17.3. The lowest BCUT2D eigenvalue weighted by Gasteiger charge is -2.23. The number of benzene rings is 1. The Bertz CT molecular complexity index is 747. The molecule has 1 aromatic carbocycles. The van der Waals surface area contributed by atoms with Gasteiger partial charge >= 0.3 is 0 Å². The highest BCUT2D eigenvalue weighted by atomic mass is 16.5. The maximum atomic E-state index is 12.4. The minimum Gasteiger partial charge on any atom is -0.497 e. The van der Waals surface area contributed by atoms with E-state index >= 15 is 0 Å². The van der Waals surface area contributed by atoms with Gasteiger partial charge in [0.15, 0.2) is 0 Å². The standard InChI is InChI=1S/C19H24N4O2/c1-25-16-4-2-15(3-5-16)23-11-6-14(22-23)13-21-18(24)17-12-19(17)7-9-20-10-8-19/h2-6,11,17,20H,7-10,12-13H2,1H3,(H,21,24). The summed E-state index contributed by atoms with van der Waals surface area (Å²) in [6.45, 7) is 2.55. The van der Waals surface area contributed by atoms with Crippen LogP contribution in [0.1, 0.15) is 25.0 Å². The summed E-state index contributed by atoms with van der Waals surface area (Å²) < 4.78 is 6.98. The first kappa shape index (κ1) is 16.1. The summed E-state index contributed by atoms with van der Waals surface area (Å²) >= 11 is 0. The van der Waals surface area contributed by atoms with Gasteiger partial charge in [0.25, 0.3) is 0 Å². The molecule has 25 heavy (non-hydrogen) atoms. The fourth-order valence-electron chi connectivity index (χ4n) is 3.83. The first-order chi connectivity index (χ1) is 12.2. The van der Waals surface area contributed by atoms with Crippen LogP contribution in [0, 0.1) is 11.3 Å². The van der Waals surface area contributed by atoms with Crippen LogP contribution >= 0.6 is 0 Å². The Balaban J connectivity index is 1.33. The average Bonchev–Trinajstić information content (AvgIpc) is 3.14. The summed E-state index contributed by atoms with van der Waals surface area (Å²) in [4.78, 5) is 12.4. The van der Waals surface area contributed by atoms with Crippen molar-refractivity contribution in [3.8, 4) is 11.4 Å². The van der Waals surface area contributed by atoms with Gasteiger partial charge in [0.1, 0.15) is 5.75 Å². The third kappa shape index (κ3) is 3.26. The third-order valence-corrected chi connectivity index (χ3v) is 5.53. The normalized spacial score (nSPS) is 21.1. The van der Waals surface area contributed by atoms with Gasteiger partial charge in [-0.05, 0) is 68.1 Å². The molecule has 1 aliphatic heterocycles. The molecular weight excluding hydrogens is 316 g/mol. The molecule has 1 aliphatic carbocycles. The predicted octanol–water partition coefficient (Wildman–Crippen LogP) is 1.89. The van der Waals surface area contributed by atoms with Gasteiger partial charge in [0.05, 0.1) is 25.0 Å². The van der Waals surface area contributed by atoms with Gasteiger partial charge in [0, 0.05) is 12.1 Å². The molecule has 4 rings (SSSR count). The molecule has 2 aliphatic rings. The second-order valence-corrected chi connectivity index (χ2v) is 7.04. The van der Waals surface area contributed by atoms with Crippen LogP contribution in [0.25, 0.3) is 5.69 Å². The van der Waals surface area contributed by atoms with Gasteiger partial charge in [0.2, 0.25) is 5.91 Å². The number of nitrogens with one attached hydrogen (secondary N) is 2. The Morgan fingerprint density at radius 1 is 1.32 bits per heavy atom. The van der Waals surface area contributed by atoms with E-state index in [1.165, 1.54) is 0 Å². The number of hydrogen-bond donors (Lipinski definition) is 2. The molecule has 1 unspecified atom stereocenters. The molecule has 1 saturated carbocycles. The van der Waals surface area contributed by atoms with Crippen molar-refractivity contribution in [2.75, 3.05) is 20.2 Å². The maximum Gasteiger partial charge on any atom is 0.224 e. The monoisotopic (exact) mass is 340 g/mol. The molecule has 1 amide bonds. The Hall–Kier alpha value is -2.34. The van der Waals surface area contributed by atoms with E-state index in [4.69, 9.17) is 4.74 Å². The van der Waals surface area contributed by atoms with Crippen molar-refractivity contribution in [3.63, 3.8) is 0 Å². The summed E-state index contributed by atoms with van der Waals surface area (Å²) in [6, 6.07) is 9.67. The largest absolute Gasteiger partial charge is 0.497 e. The van der Waals surface area contributed by atoms with Crippen LogP contribution in [-0.2, 0) is 11.3 Å². The lowest BCUT2D eigenvalue weighted by atomic mass is 9.92. The Morgan fingerprint density at radius 2 is 2.08 bits per heavy atom. The van der Waals surface area contributed by atoms with Gasteiger partial charge in [-0.25, -0.2) is 4.68 Å². The molecule has 132 valence electrons. The molecular formula is C19H24N4O2. The highest BCUT2D eigenvalue weighted by Gasteiger charge is 2.57. The molecule has 2 heterocycles. The summed E-state index contributed by atoms with van der Waals surface area (Å²) in [5, 5.41) is 11.0. The Morgan fingerprint density at radius 3 is 2.80 bits per heavy atom. The molecule has 6 heteroatoms. The van der Waals surface area contributed by atoms with Crippen LogP contribution in [-0.4, -0.2) is 35.9 Å². The number of rotatable bonds is 5. The van der Waals surface area contributed by atoms with Crippen LogP contribution in [0.5, 0.6) is 5.75 Å². The number of piperidine rings is 1. The van der Waals surface area contributed by atoms with E-state index in [-0.39, 0.29) is 17.2 Å². The molecule has 1 atom stereocenters. The van der Waals surface area contributed by atoms with Gasteiger partial charge in [-0.1, -0.05) is 0 Å². The van der Waals surface area contributed by atoms with Crippen LogP contribution in [0.3, 0.4) is 0 Å². The second kappa shape index (κ2) is 6.52. The second-order valence-electron chi connectivity index (χ2n) is 7.04. The number of carbonyl (C=O) groups is 1. The van der Waals surface area contributed by atoms with Gasteiger partial charge in [-0.2, -0.15) is 5.10 Å². The topological polar surface area (TPSA) is 68.2 Å². The smallest absolute Gasteiger partial charge is 0.224 e. The van der Waals surface area contributed by atoms with Crippen molar-refractivity contribution >= 4 is 5.91 Å². The number of nitrogens with zero attached hydrogens (tertiary/aromatic N) is 2. The number of carbonyl (C=O) groups excluding carboxylic acids is 1. The number of hydrogen-bond acceptors (Lipinski definition) is 4. The number of ether oxygens (including phenoxy) is 1. The number of aromatic nitrogens is 2. The molecule has 1 aromatic heterocycles.